The summed E-state index contributed by atoms with van der Waals surface area (Å²) >= 11 is 0. The number of nitrogen functional groups attached to an aromatic ring is 1. The monoisotopic (exact) mass is 536 g/mol. The number of carbonyl (C=O) groups excluding carboxylic acids is 1. The van der Waals surface area contributed by atoms with E-state index in [2.05, 4.69) is 24.9 Å². The van der Waals surface area contributed by atoms with Crippen LogP contribution in [-0.4, -0.2) is 32.4 Å². The number of hydrogen-bond acceptors (Lipinski definition) is 5. The molecular weight excluding hydrogens is 516 g/mol. The number of aldehydes is 1. The summed E-state index contributed by atoms with van der Waals surface area (Å²) in [6.45, 7) is 0. The Bertz CT molecular complexity index is 1760. The topological polar surface area (TPSA) is 113 Å². The summed E-state index contributed by atoms with van der Waals surface area (Å²) in [7, 11) is 0. The first-order valence-corrected chi connectivity index (χ1v) is 11.3. The molecule has 4 N–H and O–H groups in total. The molecule has 0 atom stereocenters. The van der Waals surface area contributed by atoms with Gasteiger partial charge in [0.15, 0.2) is 29.6 Å². The molecule has 0 fully saturated rings. The number of nitrogens with two attached hydrogens (primary N) is 1. The number of nitrogens with zero attached hydrogens (tertiary/aromatic N) is 3. The Morgan fingerprint density at radius 1 is 0.744 bits per heavy atom. The second-order valence-corrected chi connectivity index (χ2v) is 7.95. The maximum absolute atomic E-state index is 13.4. The number of carbonyl (C=O) groups is 1. The normalized spacial score (nSPS) is 10.7. The largest absolute Gasteiger partial charge is 0.399 e. The molecule has 0 bridgehead atoms. The molecule has 0 radical (unpaired) electrons. The van der Waals surface area contributed by atoms with Gasteiger partial charge in [-0.2, -0.15) is 0 Å². The number of aromatic amines is 2. The highest BCUT2D eigenvalue weighted by atomic mass is 19.2. The minimum Gasteiger partial charge on any atom is -0.399 e. The molecule has 39 heavy (non-hydrogen) atoms. The van der Waals surface area contributed by atoms with Gasteiger partial charge in [-0.1, -0.05) is 18.2 Å². The lowest BCUT2D eigenvalue weighted by atomic mass is 10.2. The maximum Gasteiger partial charge on any atom is 0.169 e. The van der Waals surface area contributed by atoms with Gasteiger partial charge in [0.05, 0.1) is 46.0 Å². The predicted octanol–water partition coefficient (Wildman–Crippen LogP) is 6.51. The standard InChI is InChI=1S/C14H9F2N3.C7H4F2O.C7H7N3/c15-11-3-1-2-9(14(11)16)7-17-10-4-5-12-13(6-10)19-8-18-12;8-6-3-1-2-5(4-10)7(6)9;8-5-1-2-6-7(3-5)10-4-9-6/h1-8H,(H,18,19);1-4H;1-4H,8H2,(H,9,10)/i8+2;;4+2. The van der Waals surface area contributed by atoms with E-state index < -0.39 is 23.3 Å². The molecule has 0 spiro atoms. The van der Waals surface area contributed by atoms with E-state index in [0.29, 0.717) is 5.69 Å². The number of aromatic nitrogens is 4. The van der Waals surface area contributed by atoms with E-state index in [1.807, 2.05) is 18.2 Å². The predicted molar refractivity (Wildman–Crippen MR) is 142 cm³/mol. The summed E-state index contributed by atoms with van der Waals surface area (Å²) in [6, 6.07) is 18.4. The number of benzene rings is 4. The molecule has 11 heteroatoms. The second-order valence-electron chi connectivity index (χ2n) is 7.95. The molecule has 0 unspecified atom stereocenters. The molecule has 7 nitrogen and oxygen atoms in total. The molecule has 4 aromatic carbocycles. The molecule has 0 aliphatic carbocycles. The van der Waals surface area contributed by atoms with E-state index in [-0.39, 0.29) is 17.4 Å². The van der Waals surface area contributed by atoms with Crippen LogP contribution in [0.15, 0.2) is 90.4 Å². The number of H-pyrrole nitrogens is 2. The highest BCUT2D eigenvalue weighted by Crippen LogP contribution is 2.19. The van der Waals surface area contributed by atoms with Gasteiger partial charge in [-0.25, -0.2) is 27.5 Å². The third-order valence-electron chi connectivity index (χ3n) is 5.29. The van der Waals surface area contributed by atoms with Crippen molar-refractivity contribution in [3.63, 3.8) is 0 Å². The first-order chi connectivity index (χ1) is 18.9. The van der Waals surface area contributed by atoms with Crippen LogP contribution >= 0.6 is 0 Å². The molecule has 0 saturated carbocycles. The Hall–Kier alpha value is -5.32. The molecular formula is C28H20F4N6O. The van der Waals surface area contributed by atoms with Crippen molar-refractivity contribution in [1.29, 1.82) is 0 Å². The van der Waals surface area contributed by atoms with Crippen LogP contribution in [0.1, 0.15) is 15.9 Å². The van der Waals surface area contributed by atoms with Crippen LogP contribution in [0, 0.1) is 23.3 Å². The van der Waals surface area contributed by atoms with Crippen LogP contribution in [0.25, 0.3) is 22.1 Å². The number of aliphatic imine (C=N–C) groups is 1. The Morgan fingerprint density at radius 2 is 1.31 bits per heavy atom. The summed E-state index contributed by atoms with van der Waals surface area (Å²) in [5.74, 6) is -3.86. The van der Waals surface area contributed by atoms with Crippen molar-refractivity contribution in [1.82, 2.24) is 19.9 Å². The van der Waals surface area contributed by atoms with Gasteiger partial charge in [0.2, 0.25) is 0 Å². The molecule has 0 aliphatic heterocycles. The van der Waals surface area contributed by atoms with Gasteiger partial charge in [0.25, 0.3) is 0 Å². The number of rotatable bonds is 3. The molecule has 0 saturated heterocycles. The van der Waals surface area contributed by atoms with Crippen molar-refractivity contribution in [2.75, 3.05) is 5.73 Å². The maximum atomic E-state index is 13.4. The van der Waals surface area contributed by atoms with Crippen molar-refractivity contribution in [2.45, 2.75) is 0 Å². The average Bonchev–Trinajstić information content (AvgIpc) is 3.60. The first-order valence-electron chi connectivity index (χ1n) is 11.3. The fourth-order valence-corrected chi connectivity index (χ4v) is 3.33. The van der Waals surface area contributed by atoms with Crippen molar-refractivity contribution in [2.24, 2.45) is 4.99 Å². The number of nitrogens with one attached hydrogen (secondary N) is 2. The van der Waals surface area contributed by atoms with Crippen molar-refractivity contribution in [3.05, 3.63) is 120 Å². The van der Waals surface area contributed by atoms with Gasteiger partial charge in [0, 0.05) is 17.5 Å². The van der Waals surface area contributed by atoms with E-state index in [4.69, 9.17) is 5.73 Å². The third kappa shape index (κ3) is 6.72. The van der Waals surface area contributed by atoms with Gasteiger partial charge >= 0.3 is 0 Å². The fraction of sp³-hybridized carbons (Fsp3) is 0. The lowest BCUT2D eigenvalue weighted by molar-refractivity contribution is 0.111. The van der Waals surface area contributed by atoms with E-state index in [9.17, 15) is 22.4 Å². The molecule has 2 aromatic heterocycles. The van der Waals surface area contributed by atoms with E-state index in [1.165, 1.54) is 30.5 Å². The zero-order valence-corrected chi connectivity index (χ0v) is 20.1. The lowest BCUT2D eigenvalue weighted by Crippen LogP contribution is -1.91. The van der Waals surface area contributed by atoms with Gasteiger partial charge in [-0.15, -0.1) is 0 Å². The van der Waals surface area contributed by atoms with Crippen molar-refractivity contribution >= 4 is 45.9 Å². The zero-order valence-electron chi connectivity index (χ0n) is 20.1. The van der Waals surface area contributed by atoms with Crippen molar-refractivity contribution in [3.8, 4) is 0 Å². The smallest absolute Gasteiger partial charge is 0.169 e. The van der Waals surface area contributed by atoms with Gasteiger partial charge in [-0.3, -0.25) is 9.79 Å². The Labute approximate surface area is 219 Å². The summed E-state index contributed by atoms with van der Waals surface area (Å²) in [4.78, 5) is 28.2. The number of imidazole rings is 2. The molecule has 2 heterocycles. The van der Waals surface area contributed by atoms with Gasteiger partial charge in [0.1, 0.15) is 0 Å². The highest BCUT2D eigenvalue weighted by molar-refractivity contribution is 5.84. The minimum absolute atomic E-state index is 0.115. The average molecular weight is 536 g/mol. The van der Waals surface area contributed by atoms with E-state index in [1.54, 1.807) is 30.9 Å². The van der Waals surface area contributed by atoms with E-state index in [0.717, 1.165) is 39.9 Å². The van der Waals surface area contributed by atoms with Crippen LogP contribution in [0.3, 0.4) is 0 Å². The molecule has 196 valence electrons. The molecule has 6 rings (SSSR count). The molecule has 0 amide bonds. The SMILES string of the molecule is Fc1cccc(C=Nc2ccc3n[14cH][nH]c3c2)c1F.Nc1ccc2n[14cH][nH]c2c1.O=Cc1cccc(F)c1F. The van der Waals surface area contributed by atoms with Crippen LogP contribution in [-0.2, 0) is 0 Å². The Balaban J connectivity index is 0.000000149. The number of halogens is 4. The summed E-state index contributed by atoms with van der Waals surface area (Å²) in [6.07, 6.45) is 4.82. The summed E-state index contributed by atoms with van der Waals surface area (Å²) < 4.78 is 51.1. The zero-order chi connectivity index (χ0) is 27.8. The quantitative estimate of drug-likeness (QED) is 0.104. The number of anilines is 1. The fourth-order valence-electron chi connectivity index (χ4n) is 3.33. The van der Waals surface area contributed by atoms with Gasteiger partial charge < -0.3 is 15.7 Å². The Morgan fingerprint density at radius 3 is 1.92 bits per heavy atom. The van der Waals surface area contributed by atoms with Crippen LogP contribution in [0.2, 0.25) is 0 Å². The van der Waals surface area contributed by atoms with Crippen LogP contribution in [0.5, 0.6) is 0 Å². The minimum atomic E-state index is -1.09. The lowest BCUT2D eigenvalue weighted by Gasteiger charge is -1.97. The molecule has 6 aromatic rings. The van der Waals surface area contributed by atoms with Gasteiger partial charge in [-0.05, 0) is 54.6 Å². The van der Waals surface area contributed by atoms with E-state index >= 15 is 0 Å². The van der Waals surface area contributed by atoms with Crippen LogP contribution < -0.4 is 5.73 Å². The highest BCUT2D eigenvalue weighted by Gasteiger charge is 2.06. The summed E-state index contributed by atoms with van der Waals surface area (Å²) in [5.41, 5.74) is 10.4. The summed E-state index contributed by atoms with van der Waals surface area (Å²) in [5, 5.41) is 0. The number of fused-ring (bicyclic) bond motifs is 2. The Kier molecular flexibility index (Phi) is 8.42. The third-order valence-corrected chi connectivity index (χ3v) is 5.29. The number of hydrogen-bond donors (Lipinski definition) is 3. The van der Waals surface area contributed by atoms with Crippen LogP contribution in [0.4, 0.5) is 28.9 Å². The molecule has 0 aliphatic rings. The first kappa shape index (κ1) is 26.7. The second kappa shape index (κ2) is 12.3. The van der Waals surface area contributed by atoms with Crippen molar-refractivity contribution < 1.29 is 22.4 Å².